The van der Waals surface area contributed by atoms with Gasteiger partial charge in [0, 0.05) is 0 Å². The second-order valence-electron chi connectivity index (χ2n) is 8.25. The average Bonchev–Trinajstić information content (AvgIpc) is 2.86. The van der Waals surface area contributed by atoms with E-state index in [1.807, 2.05) is 0 Å². The second-order valence-corrected chi connectivity index (χ2v) is 8.25. The molecule has 7 aromatic rings. The first-order valence-corrected chi connectivity index (χ1v) is 11.0. The molecule has 7 aromatic carbocycles. The van der Waals surface area contributed by atoms with E-state index in [4.69, 9.17) is 0 Å². The molecular weight excluding hydrogens is 384 g/mol. The fourth-order valence-corrected chi connectivity index (χ4v) is 4.58. The summed E-state index contributed by atoms with van der Waals surface area (Å²) in [6.45, 7) is 0. The van der Waals surface area contributed by atoms with Gasteiger partial charge in [-0.1, -0.05) is 109 Å². The summed E-state index contributed by atoms with van der Waals surface area (Å²) in [4.78, 5) is 0. The van der Waals surface area contributed by atoms with Crippen LogP contribution in [0, 0.1) is 0 Å². The molecule has 0 aliphatic carbocycles. The molecule has 0 amide bonds. The van der Waals surface area contributed by atoms with Crippen LogP contribution in [0.4, 0.5) is 0 Å². The molecule has 7 rings (SSSR count). The lowest BCUT2D eigenvalue weighted by Gasteiger charge is -2.06. The molecule has 0 bridgehead atoms. The van der Waals surface area contributed by atoms with Crippen molar-refractivity contribution in [2.24, 2.45) is 0 Å². The topological polar surface area (TPSA) is 0 Å². The Morgan fingerprint density at radius 3 is 1.06 bits per heavy atom. The number of fused-ring (bicyclic) bond motifs is 6. The van der Waals surface area contributed by atoms with Crippen LogP contribution in [-0.2, 0) is 0 Å². The Bertz CT molecular complexity index is 1610. The lowest BCUT2D eigenvalue weighted by Crippen LogP contribution is -1.79. The van der Waals surface area contributed by atoms with Crippen molar-refractivity contribution >= 4 is 53.9 Å². The van der Waals surface area contributed by atoms with Crippen LogP contribution in [0.3, 0.4) is 0 Å². The van der Waals surface area contributed by atoms with E-state index >= 15 is 0 Å². The Kier molecular flexibility index (Phi) is 4.55. The molecule has 32 heavy (non-hydrogen) atoms. The van der Waals surface area contributed by atoms with Crippen molar-refractivity contribution in [3.8, 4) is 0 Å². The van der Waals surface area contributed by atoms with Gasteiger partial charge < -0.3 is 0 Å². The van der Waals surface area contributed by atoms with Crippen molar-refractivity contribution in [3.63, 3.8) is 0 Å². The number of benzene rings is 7. The van der Waals surface area contributed by atoms with Crippen molar-refractivity contribution in [3.05, 3.63) is 133 Å². The summed E-state index contributed by atoms with van der Waals surface area (Å²) in [7, 11) is 0. The van der Waals surface area contributed by atoms with Gasteiger partial charge in [-0.05, 0) is 78.1 Å². The van der Waals surface area contributed by atoms with E-state index in [9.17, 15) is 0 Å². The number of rotatable bonds is 0. The standard InChI is InChI=1S/C18H12.C14H10/c1-2-7-15-12-18-16(11-14(15)6-1)10-9-13-5-3-4-8-17(13)18;1-2-6-12-10-14-8-4-3-7-13(14)9-11(12)5-1/h1-12H;1-10H. The molecule has 0 atom stereocenters. The molecule has 0 radical (unpaired) electrons. The smallest absolute Gasteiger partial charge is 0.00990 e. The van der Waals surface area contributed by atoms with Crippen LogP contribution in [0.1, 0.15) is 0 Å². The van der Waals surface area contributed by atoms with Crippen LogP contribution in [0.5, 0.6) is 0 Å². The Morgan fingerprint density at radius 1 is 0.219 bits per heavy atom. The van der Waals surface area contributed by atoms with Crippen LogP contribution in [0.25, 0.3) is 53.9 Å². The minimum Gasteiger partial charge on any atom is -0.0616 e. The summed E-state index contributed by atoms with van der Waals surface area (Å²) < 4.78 is 0. The van der Waals surface area contributed by atoms with Gasteiger partial charge in [0.2, 0.25) is 0 Å². The number of hydrogen-bond acceptors (Lipinski definition) is 0. The van der Waals surface area contributed by atoms with Crippen molar-refractivity contribution in [2.75, 3.05) is 0 Å². The summed E-state index contributed by atoms with van der Waals surface area (Å²) in [5, 5.41) is 13.1. The Morgan fingerprint density at radius 2 is 0.562 bits per heavy atom. The molecule has 0 heterocycles. The quantitative estimate of drug-likeness (QED) is 0.174. The fourth-order valence-electron chi connectivity index (χ4n) is 4.58. The zero-order chi connectivity index (χ0) is 21.3. The van der Waals surface area contributed by atoms with E-state index in [0.29, 0.717) is 0 Å². The molecule has 0 saturated carbocycles. The minimum absolute atomic E-state index is 1.31. The van der Waals surface area contributed by atoms with Gasteiger partial charge in [-0.25, -0.2) is 0 Å². The predicted octanol–water partition coefficient (Wildman–Crippen LogP) is 9.14. The molecule has 0 nitrogen and oxygen atoms in total. The third-order valence-electron chi connectivity index (χ3n) is 6.23. The van der Waals surface area contributed by atoms with Gasteiger partial charge in [0.1, 0.15) is 0 Å². The summed E-state index contributed by atoms with van der Waals surface area (Å²) in [5.41, 5.74) is 0. The molecule has 0 saturated heterocycles. The van der Waals surface area contributed by atoms with E-state index in [1.165, 1.54) is 53.9 Å². The molecule has 0 heteroatoms. The van der Waals surface area contributed by atoms with Crippen LogP contribution in [0.2, 0.25) is 0 Å². The second kappa shape index (κ2) is 7.83. The Labute approximate surface area is 187 Å². The first kappa shape index (κ1) is 18.6. The van der Waals surface area contributed by atoms with Crippen molar-refractivity contribution in [1.29, 1.82) is 0 Å². The van der Waals surface area contributed by atoms with Crippen molar-refractivity contribution in [1.82, 2.24) is 0 Å². The molecule has 0 aliphatic rings. The average molecular weight is 407 g/mol. The zero-order valence-electron chi connectivity index (χ0n) is 17.7. The maximum absolute atomic E-state index is 2.30. The normalized spacial score (nSPS) is 11.1. The highest BCUT2D eigenvalue weighted by Gasteiger charge is 2.02. The van der Waals surface area contributed by atoms with Gasteiger partial charge in [0.25, 0.3) is 0 Å². The summed E-state index contributed by atoms with van der Waals surface area (Å²) in [6.07, 6.45) is 0. The highest BCUT2D eigenvalue weighted by atomic mass is 14.1. The van der Waals surface area contributed by atoms with Crippen LogP contribution in [-0.4, -0.2) is 0 Å². The summed E-state index contributed by atoms with van der Waals surface area (Å²) in [6, 6.07) is 47.5. The fraction of sp³-hybridized carbons (Fsp3) is 0. The SMILES string of the molecule is c1ccc2cc3c(ccc4ccccc43)cc2c1.c1ccc2cc3ccccc3cc2c1. The number of hydrogen-bond donors (Lipinski definition) is 0. The van der Waals surface area contributed by atoms with Gasteiger partial charge in [0.05, 0.1) is 0 Å². The van der Waals surface area contributed by atoms with Crippen molar-refractivity contribution < 1.29 is 0 Å². The van der Waals surface area contributed by atoms with Crippen LogP contribution >= 0.6 is 0 Å². The molecule has 0 unspecified atom stereocenters. The maximum Gasteiger partial charge on any atom is -0.00990 e. The first-order valence-electron chi connectivity index (χ1n) is 11.0. The van der Waals surface area contributed by atoms with E-state index in [0.717, 1.165) is 0 Å². The van der Waals surface area contributed by atoms with E-state index in [1.54, 1.807) is 0 Å². The lowest BCUT2D eigenvalue weighted by atomic mass is 9.98. The summed E-state index contributed by atoms with van der Waals surface area (Å²) in [5.74, 6) is 0. The van der Waals surface area contributed by atoms with Gasteiger partial charge in [0.15, 0.2) is 0 Å². The maximum atomic E-state index is 2.30. The summed E-state index contributed by atoms with van der Waals surface area (Å²) >= 11 is 0. The Balaban J connectivity index is 0.000000126. The monoisotopic (exact) mass is 406 g/mol. The molecule has 150 valence electrons. The lowest BCUT2D eigenvalue weighted by molar-refractivity contribution is 1.76. The third-order valence-corrected chi connectivity index (χ3v) is 6.23. The molecule has 0 fully saturated rings. The van der Waals surface area contributed by atoms with E-state index < -0.39 is 0 Å². The van der Waals surface area contributed by atoms with Gasteiger partial charge >= 0.3 is 0 Å². The van der Waals surface area contributed by atoms with Gasteiger partial charge in [-0.2, -0.15) is 0 Å². The predicted molar refractivity (Wildman–Crippen MR) is 140 cm³/mol. The zero-order valence-corrected chi connectivity index (χ0v) is 17.7. The van der Waals surface area contributed by atoms with Gasteiger partial charge in [-0.3, -0.25) is 0 Å². The minimum atomic E-state index is 1.31. The first-order chi connectivity index (χ1) is 15.8. The van der Waals surface area contributed by atoms with Gasteiger partial charge in [-0.15, -0.1) is 0 Å². The highest BCUT2D eigenvalue weighted by Crippen LogP contribution is 2.29. The third kappa shape index (κ3) is 3.36. The molecule has 0 spiro atoms. The molecule has 0 aromatic heterocycles. The molecule has 0 aliphatic heterocycles. The van der Waals surface area contributed by atoms with E-state index in [2.05, 4.69) is 133 Å². The largest absolute Gasteiger partial charge is 0.0616 e. The molecular formula is C32H22. The highest BCUT2D eigenvalue weighted by molar-refractivity contribution is 6.12. The van der Waals surface area contributed by atoms with Crippen molar-refractivity contribution in [2.45, 2.75) is 0 Å². The Hall–Kier alpha value is -4.16. The van der Waals surface area contributed by atoms with Crippen LogP contribution in [0.15, 0.2) is 133 Å². The molecule has 0 N–H and O–H groups in total. The van der Waals surface area contributed by atoms with E-state index in [-0.39, 0.29) is 0 Å². The van der Waals surface area contributed by atoms with Crippen LogP contribution < -0.4 is 0 Å².